The SMILES string of the molecule is CCC(C)(C)C(=O)OCC1C2CC(OC(=O)O2)C1C. The van der Waals surface area contributed by atoms with E-state index >= 15 is 0 Å². The summed E-state index contributed by atoms with van der Waals surface area (Å²) in [6.45, 7) is 8.00. The molecule has 1 aliphatic carbocycles. The minimum atomic E-state index is -0.601. The predicted octanol–water partition coefficient (Wildman–Crippen LogP) is 2.53. The molecule has 1 aliphatic heterocycles. The van der Waals surface area contributed by atoms with Crippen LogP contribution in [0.3, 0.4) is 0 Å². The zero-order chi connectivity index (χ0) is 14.2. The van der Waals surface area contributed by atoms with E-state index < -0.39 is 11.6 Å². The minimum absolute atomic E-state index is 0.0352. The van der Waals surface area contributed by atoms with Crippen LogP contribution in [0.25, 0.3) is 0 Å². The zero-order valence-corrected chi connectivity index (χ0v) is 12.0. The molecule has 0 radical (unpaired) electrons. The van der Waals surface area contributed by atoms with E-state index in [1.165, 1.54) is 0 Å². The first-order valence-corrected chi connectivity index (χ1v) is 6.89. The second kappa shape index (κ2) is 5.02. The van der Waals surface area contributed by atoms with Crippen LogP contribution in [0.4, 0.5) is 4.79 Å². The Morgan fingerprint density at radius 1 is 1.37 bits per heavy atom. The minimum Gasteiger partial charge on any atom is -0.465 e. The Bertz CT molecular complexity index is 376. The highest BCUT2D eigenvalue weighted by Crippen LogP contribution is 2.40. The first-order chi connectivity index (χ1) is 8.85. The molecule has 5 heteroatoms. The molecule has 4 atom stereocenters. The van der Waals surface area contributed by atoms with E-state index in [1.807, 2.05) is 27.7 Å². The predicted molar refractivity (Wildman–Crippen MR) is 67.4 cm³/mol. The highest BCUT2D eigenvalue weighted by atomic mass is 16.7. The molecule has 0 N–H and O–H groups in total. The maximum Gasteiger partial charge on any atom is 0.508 e. The van der Waals surface area contributed by atoms with Gasteiger partial charge in [-0.2, -0.15) is 0 Å². The Morgan fingerprint density at radius 2 is 2.00 bits per heavy atom. The number of hydrogen-bond acceptors (Lipinski definition) is 5. The van der Waals surface area contributed by atoms with Crippen molar-refractivity contribution in [2.45, 2.75) is 52.7 Å². The van der Waals surface area contributed by atoms with Crippen LogP contribution in [0, 0.1) is 17.3 Å². The second-order valence-electron chi connectivity index (χ2n) is 6.16. The van der Waals surface area contributed by atoms with Crippen LogP contribution in [-0.2, 0) is 19.0 Å². The molecule has 1 heterocycles. The van der Waals surface area contributed by atoms with E-state index in [1.54, 1.807) is 0 Å². The lowest BCUT2D eigenvalue weighted by Crippen LogP contribution is -2.32. The van der Waals surface area contributed by atoms with Gasteiger partial charge < -0.3 is 14.2 Å². The molecule has 2 rings (SSSR count). The van der Waals surface area contributed by atoms with Gasteiger partial charge in [-0.15, -0.1) is 0 Å². The molecule has 1 saturated carbocycles. The van der Waals surface area contributed by atoms with Crippen molar-refractivity contribution in [2.24, 2.45) is 17.3 Å². The molecule has 2 aliphatic rings. The molecule has 0 amide bonds. The van der Waals surface area contributed by atoms with Gasteiger partial charge in [0.05, 0.1) is 12.0 Å². The third-order valence-electron chi connectivity index (χ3n) is 4.54. The topological polar surface area (TPSA) is 61.8 Å². The van der Waals surface area contributed by atoms with E-state index in [4.69, 9.17) is 14.2 Å². The van der Waals surface area contributed by atoms with Crippen LogP contribution >= 0.6 is 0 Å². The average molecular weight is 270 g/mol. The molecule has 2 bridgehead atoms. The van der Waals surface area contributed by atoms with Gasteiger partial charge in [0.2, 0.25) is 0 Å². The van der Waals surface area contributed by atoms with E-state index in [9.17, 15) is 9.59 Å². The van der Waals surface area contributed by atoms with Gasteiger partial charge in [0.25, 0.3) is 0 Å². The number of hydrogen-bond donors (Lipinski definition) is 0. The standard InChI is InChI=1S/C14H22O5/c1-5-14(3,4)12(15)17-7-9-8(2)10-6-11(9)19-13(16)18-10/h8-11H,5-7H2,1-4H3. The fourth-order valence-electron chi connectivity index (χ4n) is 2.57. The summed E-state index contributed by atoms with van der Waals surface area (Å²) in [7, 11) is 0. The quantitative estimate of drug-likeness (QED) is 0.734. The summed E-state index contributed by atoms with van der Waals surface area (Å²) in [5, 5.41) is 0. The number of fused-ring (bicyclic) bond motifs is 2. The second-order valence-corrected chi connectivity index (χ2v) is 6.16. The van der Waals surface area contributed by atoms with Crippen LogP contribution in [-0.4, -0.2) is 30.9 Å². The van der Waals surface area contributed by atoms with Gasteiger partial charge in [0.1, 0.15) is 12.2 Å². The summed E-state index contributed by atoms with van der Waals surface area (Å²) in [4.78, 5) is 23.2. The number of carbonyl (C=O) groups excluding carboxylic acids is 2. The van der Waals surface area contributed by atoms with E-state index in [2.05, 4.69) is 0 Å². The van der Waals surface area contributed by atoms with E-state index in [0.29, 0.717) is 13.0 Å². The zero-order valence-electron chi connectivity index (χ0n) is 12.0. The largest absolute Gasteiger partial charge is 0.508 e. The summed E-state index contributed by atoms with van der Waals surface area (Å²) in [5.41, 5.74) is -0.468. The molecule has 1 saturated heterocycles. The fourth-order valence-corrected chi connectivity index (χ4v) is 2.57. The average Bonchev–Trinajstić information content (AvgIpc) is 2.58. The van der Waals surface area contributed by atoms with Gasteiger partial charge in [0, 0.05) is 18.3 Å². The Morgan fingerprint density at radius 3 is 2.63 bits per heavy atom. The van der Waals surface area contributed by atoms with Crippen molar-refractivity contribution in [1.82, 2.24) is 0 Å². The smallest absolute Gasteiger partial charge is 0.465 e. The summed E-state index contributed by atoms with van der Waals surface area (Å²) < 4.78 is 15.7. The lowest BCUT2D eigenvalue weighted by Gasteiger charge is -2.24. The highest BCUT2D eigenvalue weighted by Gasteiger charge is 2.49. The van der Waals surface area contributed by atoms with Crippen molar-refractivity contribution >= 4 is 12.1 Å². The monoisotopic (exact) mass is 270 g/mol. The molecule has 19 heavy (non-hydrogen) atoms. The molecular formula is C14H22O5. The summed E-state index contributed by atoms with van der Waals surface area (Å²) >= 11 is 0. The fraction of sp³-hybridized carbons (Fsp3) is 0.857. The molecule has 108 valence electrons. The first kappa shape index (κ1) is 14.2. The van der Waals surface area contributed by atoms with Crippen LogP contribution in [0.15, 0.2) is 0 Å². The Hall–Kier alpha value is -1.26. The highest BCUT2D eigenvalue weighted by molar-refractivity contribution is 5.75. The number of rotatable bonds is 4. The molecule has 4 unspecified atom stereocenters. The Labute approximate surface area is 113 Å². The molecule has 0 spiro atoms. The van der Waals surface area contributed by atoms with Gasteiger partial charge >= 0.3 is 12.1 Å². The van der Waals surface area contributed by atoms with Gasteiger partial charge in [-0.3, -0.25) is 4.79 Å². The number of carbonyl (C=O) groups is 2. The van der Waals surface area contributed by atoms with Gasteiger partial charge in [-0.1, -0.05) is 13.8 Å². The van der Waals surface area contributed by atoms with Crippen molar-refractivity contribution in [2.75, 3.05) is 6.61 Å². The normalized spacial score (nSPS) is 33.6. The molecule has 5 nitrogen and oxygen atoms in total. The number of esters is 1. The Balaban J connectivity index is 1.93. The molecule has 2 fully saturated rings. The van der Waals surface area contributed by atoms with E-state index in [0.717, 1.165) is 6.42 Å². The lowest BCUT2D eigenvalue weighted by atomic mass is 9.90. The third-order valence-corrected chi connectivity index (χ3v) is 4.54. The summed E-state index contributed by atoms with van der Waals surface area (Å²) in [6.07, 6.45) is 0.548. The van der Waals surface area contributed by atoms with E-state index in [-0.39, 0.29) is 30.0 Å². The molecule has 0 aromatic rings. The maximum atomic E-state index is 12.0. The van der Waals surface area contributed by atoms with Crippen molar-refractivity contribution in [3.63, 3.8) is 0 Å². The van der Waals surface area contributed by atoms with Crippen molar-refractivity contribution in [1.29, 1.82) is 0 Å². The van der Waals surface area contributed by atoms with Crippen molar-refractivity contribution in [3.8, 4) is 0 Å². The lowest BCUT2D eigenvalue weighted by molar-refractivity contribution is -0.156. The molecule has 0 aromatic carbocycles. The van der Waals surface area contributed by atoms with Crippen molar-refractivity contribution < 1.29 is 23.8 Å². The third kappa shape index (κ3) is 2.69. The summed E-state index contributed by atoms with van der Waals surface area (Å²) in [5.74, 6) is -0.00191. The van der Waals surface area contributed by atoms with Crippen LogP contribution < -0.4 is 0 Å². The van der Waals surface area contributed by atoms with Crippen LogP contribution in [0.5, 0.6) is 0 Å². The summed E-state index contributed by atoms with van der Waals surface area (Å²) in [6, 6.07) is 0. The maximum absolute atomic E-state index is 12.0. The van der Waals surface area contributed by atoms with Gasteiger partial charge in [-0.25, -0.2) is 4.79 Å². The van der Waals surface area contributed by atoms with Crippen molar-refractivity contribution in [3.05, 3.63) is 0 Å². The van der Waals surface area contributed by atoms with Crippen LogP contribution in [0.2, 0.25) is 0 Å². The van der Waals surface area contributed by atoms with Gasteiger partial charge in [0.15, 0.2) is 0 Å². The first-order valence-electron chi connectivity index (χ1n) is 6.89. The van der Waals surface area contributed by atoms with Crippen LogP contribution in [0.1, 0.15) is 40.5 Å². The molecular weight excluding hydrogens is 248 g/mol. The molecule has 0 aromatic heterocycles. The van der Waals surface area contributed by atoms with Gasteiger partial charge in [-0.05, 0) is 20.3 Å². The number of ether oxygens (including phenoxy) is 3. The Kier molecular flexibility index (Phi) is 3.74.